The summed E-state index contributed by atoms with van der Waals surface area (Å²) in [5.74, 6) is -0.404. The van der Waals surface area contributed by atoms with Crippen molar-refractivity contribution in [2.45, 2.75) is 31.7 Å². The van der Waals surface area contributed by atoms with Crippen LogP contribution in [0, 0.1) is 0 Å². The molecular weight excluding hydrogens is 268 g/mol. The van der Waals surface area contributed by atoms with E-state index in [4.69, 9.17) is 4.74 Å². The second kappa shape index (κ2) is 5.99. The number of benzene rings is 1. The van der Waals surface area contributed by atoms with E-state index < -0.39 is 6.04 Å². The molecule has 1 saturated heterocycles. The van der Waals surface area contributed by atoms with Gasteiger partial charge in [0.2, 0.25) is 5.91 Å². The Balaban J connectivity index is 1.49. The number of aromatic nitrogens is 1. The third-order valence-electron chi connectivity index (χ3n) is 3.80. The number of amides is 1. The minimum absolute atomic E-state index is 0.0845. The first-order valence-corrected chi connectivity index (χ1v) is 7.25. The zero-order valence-corrected chi connectivity index (χ0v) is 11.7. The van der Waals surface area contributed by atoms with E-state index in [2.05, 4.69) is 16.4 Å². The van der Waals surface area contributed by atoms with Gasteiger partial charge in [0.1, 0.15) is 6.04 Å². The van der Waals surface area contributed by atoms with Gasteiger partial charge in [0.25, 0.3) is 0 Å². The summed E-state index contributed by atoms with van der Waals surface area (Å²) >= 11 is 0. The van der Waals surface area contributed by atoms with E-state index in [1.165, 1.54) is 10.9 Å². The lowest BCUT2D eigenvalue weighted by Crippen LogP contribution is -2.37. The van der Waals surface area contributed by atoms with Crippen LogP contribution in [0.5, 0.6) is 0 Å². The summed E-state index contributed by atoms with van der Waals surface area (Å²) in [5, 5.41) is 3.93. The molecular formula is C16H18N2O3. The molecule has 1 aromatic carbocycles. The van der Waals surface area contributed by atoms with Gasteiger partial charge in [-0.05, 0) is 24.5 Å². The highest BCUT2D eigenvalue weighted by Gasteiger charge is 2.27. The fourth-order valence-electron chi connectivity index (χ4n) is 2.67. The summed E-state index contributed by atoms with van der Waals surface area (Å²) in [5.41, 5.74) is 2.34. The molecule has 0 aliphatic carbocycles. The summed E-state index contributed by atoms with van der Waals surface area (Å²) in [6.45, 7) is 0.402. The van der Waals surface area contributed by atoms with Gasteiger partial charge in [0.15, 0.2) is 0 Å². The second-order valence-corrected chi connectivity index (χ2v) is 5.29. The maximum Gasteiger partial charge on any atom is 0.328 e. The average molecular weight is 286 g/mol. The third-order valence-corrected chi connectivity index (χ3v) is 3.80. The van der Waals surface area contributed by atoms with Crippen LogP contribution in [0.4, 0.5) is 0 Å². The van der Waals surface area contributed by atoms with Gasteiger partial charge >= 0.3 is 5.97 Å². The molecule has 2 N–H and O–H groups in total. The number of carbonyl (C=O) groups excluding carboxylic acids is 2. The van der Waals surface area contributed by atoms with Gasteiger partial charge in [-0.25, -0.2) is 4.79 Å². The van der Waals surface area contributed by atoms with Gasteiger partial charge in [0.05, 0.1) is 6.61 Å². The van der Waals surface area contributed by atoms with Crippen molar-refractivity contribution in [1.82, 2.24) is 10.3 Å². The Bertz CT molecular complexity index is 662. The zero-order valence-electron chi connectivity index (χ0n) is 11.7. The van der Waals surface area contributed by atoms with Crippen molar-refractivity contribution < 1.29 is 14.3 Å². The van der Waals surface area contributed by atoms with E-state index in [0.717, 1.165) is 18.4 Å². The first kappa shape index (κ1) is 13.7. The number of carbonyl (C=O) groups is 2. The molecule has 21 heavy (non-hydrogen) atoms. The van der Waals surface area contributed by atoms with Crippen molar-refractivity contribution in [3.63, 3.8) is 0 Å². The maximum absolute atomic E-state index is 11.8. The molecule has 0 spiro atoms. The number of esters is 1. The van der Waals surface area contributed by atoms with E-state index in [0.29, 0.717) is 19.4 Å². The van der Waals surface area contributed by atoms with Gasteiger partial charge in [-0.15, -0.1) is 0 Å². The summed E-state index contributed by atoms with van der Waals surface area (Å²) in [6, 6.07) is 7.67. The lowest BCUT2D eigenvalue weighted by atomic mass is 10.1. The zero-order chi connectivity index (χ0) is 14.7. The lowest BCUT2D eigenvalue weighted by Gasteiger charge is -2.08. The SMILES string of the molecule is O=C(CCCc1c[nH]c2ccccc12)N[C@H]1CCOC1=O. The maximum atomic E-state index is 11.8. The predicted octanol–water partition coefficient (Wildman–Crippen LogP) is 1.92. The van der Waals surface area contributed by atoms with Crippen LogP contribution in [-0.2, 0) is 20.7 Å². The summed E-state index contributed by atoms with van der Waals surface area (Å²) in [6.07, 6.45) is 4.59. The number of hydrogen-bond donors (Lipinski definition) is 2. The number of rotatable bonds is 5. The van der Waals surface area contributed by atoms with Crippen LogP contribution in [-0.4, -0.2) is 29.5 Å². The smallest absolute Gasteiger partial charge is 0.328 e. The summed E-state index contributed by atoms with van der Waals surface area (Å²) in [7, 11) is 0. The molecule has 5 heteroatoms. The Morgan fingerprint density at radius 2 is 2.24 bits per heavy atom. The minimum Gasteiger partial charge on any atom is -0.464 e. The van der Waals surface area contributed by atoms with Gasteiger partial charge in [-0.1, -0.05) is 18.2 Å². The largest absolute Gasteiger partial charge is 0.464 e. The molecule has 1 aromatic heterocycles. The van der Waals surface area contributed by atoms with Gasteiger partial charge in [-0.2, -0.15) is 0 Å². The van der Waals surface area contributed by atoms with Gasteiger partial charge < -0.3 is 15.0 Å². The van der Waals surface area contributed by atoms with E-state index in [1.54, 1.807) is 0 Å². The molecule has 1 atom stereocenters. The third kappa shape index (κ3) is 3.07. The number of aromatic amines is 1. The minimum atomic E-state index is -0.453. The van der Waals surface area contributed by atoms with Crippen molar-refractivity contribution in [3.8, 4) is 0 Å². The Kier molecular flexibility index (Phi) is 3.90. The van der Waals surface area contributed by atoms with Crippen LogP contribution in [0.3, 0.4) is 0 Å². The van der Waals surface area contributed by atoms with Crippen molar-refractivity contribution >= 4 is 22.8 Å². The molecule has 1 aliphatic heterocycles. The number of cyclic esters (lactones) is 1. The van der Waals surface area contributed by atoms with E-state index >= 15 is 0 Å². The number of fused-ring (bicyclic) bond motifs is 1. The van der Waals surface area contributed by atoms with Crippen LogP contribution in [0.25, 0.3) is 10.9 Å². The Morgan fingerprint density at radius 1 is 1.38 bits per heavy atom. The fourth-order valence-corrected chi connectivity index (χ4v) is 2.67. The number of aryl methyl sites for hydroxylation is 1. The second-order valence-electron chi connectivity index (χ2n) is 5.29. The highest BCUT2D eigenvalue weighted by Crippen LogP contribution is 2.19. The number of nitrogens with one attached hydrogen (secondary N) is 2. The molecule has 5 nitrogen and oxygen atoms in total. The topological polar surface area (TPSA) is 71.2 Å². The molecule has 0 saturated carbocycles. The first-order valence-electron chi connectivity index (χ1n) is 7.25. The molecule has 0 unspecified atom stereocenters. The predicted molar refractivity (Wildman–Crippen MR) is 78.7 cm³/mol. The monoisotopic (exact) mass is 286 g/mol. The van der Waals surface area contributed by atoms with Crippen LogP contribution in [0.1, 0.15) is 24.8 Å². The number of hydrogen-bond acceptors (Lipinski definition) is 3. The van der Waals surface area contributed by atoms with Crippen LogP contribution >= 0.6 is 0 Å². The fraction of sp³-hybridized carbons (Fsp3) is 0.375. The molecule has 1 amide bonds. The van der Waals surface area contributed by atoms with Crippen molar-refractivity contribution in [3.05, 3.63) is 36.0 Å². The van der Waals surface area contributed by atoms with Crippen LogP contribution in [0.15, 0.2) is 30.5 Å². The molecule has 1 fully saturated rings. The van der Waals surface area contributed by atoms with Gasteiger partial charge in [0, 0.05) is 29.9 Å². The Morgan fingerprint density at radius 3 is 3.05 bits per heavy atom. The summed E-state index contributed by atoms with van der Waals surface area (Å²) in [4.78, 5) is 26.3. The molecule has 1 aliphatic rings. The normalized spacial score (nSPS) is 17.9. The van der Waals surface area contributed by atoms with Crippen LogP contribution in [0.2, 0.25) is 0 Å². The van der Waals surface area contributed by atoms with Crippen molar-refractivity contribution in [2.24, 2.45) is 0 Å². The van der Waals surface area contributed by atoms with E-state index in [1.807, 2.05) is 24.4 Å². The molecule has 0 bridgehead atoms. The highest BCUT2D eigenvalue weighted by atomic mass is 16.5. The Hall–Kier alpha value is -2.30. The van der Waals surface area contributed by atoms with Crippen molar-refractivity contribution in [2.75, 3.05) is 6.61 Å². The Labute approximate surface area is 122 Å². The van der Waals surface area contributed by atoms with Crippen LogP contribution < -0.4 is 5.32 Å². The molecule has 110 valence electrons. The van der Waals surface area contributed by atoms with E-state index in [9.17, 15) is 9.59 Å². The molecule has 3 rings (SSSR count). The average Bonchev–Trinajstić information content (AvgIpc) is 3.07. The number of H-pyrrole nitrogens is 1. The standard InChI is InChI=1S/C16H18N2O3/c19-15(18-14-8-9-21-16(14)20)7-3-4-11-10-17-13-6-2-1-5-12(11)13/h1-2,5-6,10,14,17H,3-4,7-9H2,(H,18,19)/t14-/m0/s1. The number of ether oxygens (including phenoxy) is 1. The van der Waals surface area contributed by atoms with Crippen molar-refractivity contribution in [1.29, 1.82) is 0 Å². The quantitative estimate of drug-likeness (QED) is 0.825. The molecule has 2 aromatic rings. The molecule has 0 radical (unpaired) electrons. The van der Waals surface area contributed by atoms with Gasteiger partial charge in [-0.3, -0.25) is 4.79 Å². The first-order chi connectivity index (χ1) is 10.2. The van der Waals surface area contributed by atoms with E-state index in [-0.39, 0.29) is 11.9 Å². The lowest BCUT2D eigenvalue weighted by molar-refractivity contribution is -0.141. The highest BCUT2D eigenvalue weighted by molar-refractivity contribution is 5.85. The molecule has 2 heterocycles. The number of para-hydroxylation sites is 1. The summed E-state index contributed by atoms with van der Waals surface area (Å²) < 4.78 is 4.82.